The van der Waals surface area contributed by atoms with Crippen molar-refractivity contribution < 1.29 is 23.5 Å². The Morgan fingerprint density at radius 1 is 1.14 bits per heavy atom. The van der Waals surface area contributed by atoms with Gasteiger partial charge in [0.2, 0.25) is 0 Å². The minimum atomic E-state index is -1.88. The first kappa shape index (κ1) is 8.92. The SMILES string of the molecule is OB(O)Oc1ccc(-c2ccco2)o1. The highest BCUT2D eigenvalue weighted by atomic mass is 16.7. The number of hydrogen-bond donors (Lipinski definition) is 2. The Balaban J connectivity index is 2.18. The van der Waals surface area contributed by atoms with Crippen molar-refractivity contribution in [1.29, 1.82) is 0 Å². The molecule has 0 aliphatic carbocycles. The third-order valence-electron chi connectivity index (χ3n) is 1.57. The molecule has 72 valence electrons. The summed E-state index contributed by atoms with van der Waals surface area (Å²) in [6.45, 7) is 0. The normalized spacial score (nSPS) is 10.1. The fraction of sp³-hybridized carbons (Fsp3) is 0. The Kier molecular flexibility index (Phi) is 2.30. The van der Waals surface area contributed by atoms with Gasteiger partial charge in [-0.15, -0.1) is 0 Å². The molecule has 0 atom stereocenters. The second-order valence-corrected chi connectivity index (χ2v) is 2.54. The molecule has 0 fully saturated rings. The lowest BCUT2D eigenvalue weighted by molar-refractivity contribution is 0.254. The monoisotopic (exact) mass is 194 g/mol. The summed E-state index contributed by atoms with van der Waals surface area (Å²) >= 11 is 0. The van der Waals surface area contributed by atoms with Gasteiger partial charge in [-0.2, -0.15) is 0 Å². The Morgan fingerprint density at radius 3 is 2.64 bits per heavy atom. The van der Waals surface area contributed by atoms with Crippen molar-refractivity contribution >= 4 is 7.32 Å². The molecule has 0 saturated carbocycles. The van der Waals surface area contributed by atoms with E-state index in [1.54, 1.807) is 18.2 Å². The van der Waals surface area contributed by atoms with Gasteiger partial charge >= 0.3 is 7.32 Å². The van der Waals surface area contributed by atoms with E-state index in [4.69, 9.17) is 18.9 Å². The Hall–Kier alpha value is -1.66. The molecule has 2 N–H and O–H groups in total. The first-order valence-electron chi connectivity index (χ1n) is 3.92. The number of furan rings is 2. The van der Waals surface area contributed by atoms with Gasteiger partial charge < -0.3 is 23.5 Å². The molecule has 0 amide bonds. The van der Waals surface area contributed by atoms with Gasteiger partial charge in [0.25, 0.3) is 5.95 Å². The lowest BCUT2D eigenvalue weighted by Crippen LogP contribution is -2.20. The zero-order chi connectivity index (χ0) is 9.97. The molecule has 0 aliphatic rings. The van der Waals surface area contributed by atoms with E-state index in [2.05, 4.69) is 4.65 Å². The second kappa shape index (κ2) is 3.61. The average Bonchev–Trinajstić information content (AvgIpc) is 2.69. The molecule has 0 aromatic carbocycles. The van der Waals surface area contributed by atoms with Crippen molar-refractivity contribution in [3.63, 3.8) is 0 Å². The van der Waals surface area contributed by atoms with Crippen LogP contribution in [0, 0.1) is 0 Å². The van der Waals surface area contributed by atoms with Crippen molar-refractivity contribution in [2.45, 2.75) is 0 Å². The van der Waals surface area contributed by atoms with Crippen LogP contribution in [-0.2, 0) is 0 Å². The molecule has 0 aliphatic heterocycles. The molecule has 0 bridgehead atoms. The maximum Gasteiger partial charge on any atom is 0.709 e. The molecule has 0 saturated heterocycles. The predicted octanol–water partition coefficient (Wildman–Crippen LogP) is 0.888. The second-order valence-electron chi connectivity index (χ2n) is 2.54. The minimum absolute atomic E-state index is 0.0198. The van der Waals surface area contributed by atoms with E-state index in [9.17, 15) is 0 Å². The topological polar surface area (TPSA) is 76.0 Å². The third kappa shape index (κ3) is 1.81. The van der Waals surface area contributed by atoms with Gasteiger partial charge in [-0.25, -0.2) is 0 Å². The van der Waals surface area contributed by atoms with E-state index in [1.807, 2.05) is 0 Å². The van der Waals surface area contributed by atoms with Gasteiger partial charge in [-0.1, -0.05) is 0 Å². The zero-order valence-corrected chi connectivity index (χ0v) is 7.08. The fourth-order valence-corrected chi connectivity index (χ4v) is 1.04. The molecule has 0 spiro atoms. The molecule has 2 aromatic heterocycles. The van der Waals surface area contributed by atoms with Gasteiger partial charge in [0.1, 0.15) is 0 Å². The van der Waals surface area contributed by atoms with Crippen LogP contribution in [0.5, 0.6) is 5.95 Å². The highest BCUT2D eigenvalue weighted by Crippen LogP contribution is 2.26. The van der Waals surface area contributed by atoms with E-state index in [-0.39, 0.29) is 5.95 Å². The number of rotatable bonds is 3. The van der Waals surface area contributed by atoms with Crippen LogP contribution in [0.4, 0.5) is 0 Å². The summed E-state index contributed by atoms with van der Waals surface area (Å²) in [5, 5.41) is 17.0. The molecule has 6 heteroatoms. The zero-order valence-electron chi connectivity index (χ0n) is 7.08. The maximum atomic E-state index is 8.50. The van der Waals surface area contributed by atoms with Crippen molar-refractivity contribution in [3.8, 4) is 17.5 Å². The molecule has 5 nitrogen and oxygen atoms in total. The number of hydrogen-bond acceptors (Lipinski definition) is 5. The van der Waals surface area contributed by atoms with Gasteiger partial charge in [0, 0.05) is 6.07 Å². The first-order chi connectivity index (χ1) is 6.75. The Labute approximate surface area is 79.7 Å². The van der Waals surface area contributed by atoms with Crippen LogP contribution >= 0.6 is 0 Å². The molecular formula is C8H7BO5. The predicted molar refractivity (Wildman–Crippen MR) is 47.2 cm³/mol. The Bertz CT molecular complexity index is 392. The average molecular weight is 194 g/mol. The fourth-order valence-electron chi connectivity index (χ4n) is 1.04. The van der Waals surface area contributed by atoms with E-state index in [0.717, 1.165) is 0 Å². The van der Waals surface area contributed by atoms with Crippen LogP contribution in [0.15, 0.2) is 39.4 Å². The van der Waals surface area contributed by atoms with Crippen LogP contribution in [0.25, 0.3) is 11.5 Å². The largest absolute Gasteiger partial charge is 0.709 e. The minimum Gasteiger partial charge on any atom is -0.484 e. The van der Waals surface area contributed by atoms with E-state index in [0.29, 0.717) is 11.5 Å². The molecule has 14 heavy (non-hydrogen) atoms. The highest BCUT2D eigenvalue weighted by Gasteiger charge is 2.15. The van der Waals surface area contributed by atoms with E-state index in [1.165, 1.54) is 12.3 Å². The molecule has 0 unspecified atom stereocenters. The summed E-state index contributed by atoms with van der Waals surface area (Å²) in [5.74, 6) is 1.03. The molecule has 2 heterocycles. The summed E-state index contributed by atoms with van der Waals surface area (Å²) in [4.78, 5) is 0. The van der Waals surface area contributed by atoms with E-state index < -0.39 is 7.32 Å². The quantitative estimate of drug-likeness (QED) is 0.709. The van der Waals surface area contributed by atoms with Crippen LogP contribution in [-0.4, -0.2) is 17.4 Å². The lowest BCUT2D eigenvalue weighted by Gasteiger charge is -1.97. The van der Waals surface area contributed by atoms with Crippen LogP contribution < -0.4 is 4.65 Å². The van der Waals surface area contributed by atoms with Crippen molar-refractivity contribution in [1.82, 2.24) is 0 Å². The van der Waals surface area contributed by atoms with Crippen molar-refractivity contribution in [2.24, 2.45) is 0 Å². The lowest BCUT2D eigenvalue weighted by atomic mass is 10.3. The van der Waals surface area contributed by atoms with Crippen molar-refractivity contribution in [3.05, 3.63) is 30.5 Å². The van der Waals surface area contributed by atoms with Crippen molar-refractivity contribution in [2.75, 3.05) is 0 Å². The summed E-state index contributed by atoms with van der Waals surface area (Å²) < 4.78 is 14.7. The first-order valence-corrected chi connectivity index (χ1v) is 3.92. The third-order valence-corrected chi connectivity index (χ3v) is 1.57. The molecular weight excluding hydrogens is 187 g/mol. The van der Waals surface area contributed by atoms with Gasteiger partial charge in [-0.05, 0) is 18.2 Å². The summed E-state index contributed by atoms with van der Waals surface area (Å²) in [6, 6.07) is 6.52. The van der Waals surface area contributed by atoms with Gasteiger partial charge in [-0.3, -0.25) is 0 Å². The van der Waals surface area contributed by atoms with Gasteiger partial charge in [0.05, 0.1) is 6.26 Å². The van der Waals surface area contributed by atoms with Crippen LogP contribution in [0.1, 0.15) is 0 Å². The molecule has 2 aromatic rings. The smallest absolute Gasteiger partial charge is 0.484 e. The van der Waals surface area contributed by atoms with Gasteiger partial charge in [0.15, 0.2) is 11.5 Å². The van der Waals surface area contributed by atoms with Crippen LogP contribution in [0.3, 0.4) is 0 Å². The summed E-state index contributed by atoms with van der Waals surface area (Å²) in [6.07, 6.45) is 1.51. The standard InChI is InChI=1S/C8H7BO5/c10-9(11)14-8-4-3-7(13-8)6-2-1-5-12-6/h1-5,10-11H. The Morgan fingerprint density at radius 2 is 2.00 bits per heavy atom. The highest BCUT2D eigenvalue weighted by molar-refractivity contribution is 6.33. The summed E-state index contributed by atoms with van der Waals surface area (Å²) in [5.41, 5.74) is 0. The van der Waals surface area contributed by atoms with E-state index >= 15 is 0 Å². The maximum absolute atomic E-state index is 8.50. The molecule has 2 rings (SSSR count). The molecule has 0 radical (unpaired) electrons. The van der Waals surface area contributed by atoms with Crippen LogP contribution in [0.2, 0.25) is 0 Å². The summed E-state index contributed by atoms with van der Waals surface area (Å²) in [7, 11) is -1.88.